The SMILES string of the molecule is O=Cc1cc(S(=O)c2ccccc2)ccc1[N+](=O)[O-]. The molecule has 2 rings (SSSR count). The summed E-state index contributed by atoms with van der Waals surface area (Å²) in [4.78, 5) is 21.8. The zero-order chi connectivity index (χ0) is 13.8. The number of carbonyl (C=O) groups excluding carboxylic acids is 1. The molecule has 19 heavy (non-hydrogen) atoms. The van der Waals surface area contributed by atoms with Gasteiger partial charge in [0.05, 0.1) is 21.3 Å². The van der Waals surface area contributed by atoms with Crippen LogP contribution in [0.1, 0.15) is 10.4 Å². The highest BCUT2D eigenvalue weighted by Gasteiger charge is 2.16. The second kappa shape index (κ2) is 5.53. The lowest BCUT2D eigenvalue weighted by molar-refractivity contribution is -0.385. The monoisotopic (exact) mass is 275 g/mol. The third-order valence-corrected chi connectivity index (χ3v) is 3.88. The Morgan fingerprint density at radius 2 is 1.74 bits per heavy atom. The lowest BCUT2D eigenvalue weighted by Gasteiger charge is -2.03. The third kappa shape index (κ3) is 2.74. The Bertz CT molecular complexity index is 655. The summed E-state index contributed by atoms with van der Waals surface area (Å²) in [7, 11) is -1.46. The van der Waals surface area contributed by atoms with Crippen LogP contribution in [0, 0.1) is 10.1 Å². The molecule has 0 spiro atoms. The number of rotatable bonds is 4. The molecule has 0 aliphatic carbocycles. The molecule has 0 heterocycles. The van der Waals surface area contributed by atoms with Crippen molar-refractivity contribution in [3.05, 3.63) is 64.2 Å². The lowest BCUT2D eigenvalue weighted by Crippen LogP contribution is -1.98. The minimum atomic E-state index is -1.46. The fourth-order valence-electron chi connectivity index (χ4n) is 1.59. The van der Waals surface area contributed by atoms with Crippen LogP contribution in [0.25, 0.3) is 0 Å². The Labute approximate surface area is 111 Å². The molecular weight excluding hydrogens is 266 g/mol. The van der Waals surface area contributed by atoms with Gasteiger partial charge in [0.25, 0.3) is 5.69 Å². The van der Waals surface area contributed by atoms with Crippen molar-refractivity contribution < 1.29 is 13.9 Å². The molecule has 0 saturated heterocycles. The molecule has 2 aromatic carbocycles. The van der Waals surface area contributed by atoms with Gasteiger partial charge in [-0.1, -0.05) is 18.2 Å². The van der Waals surface area contributed by atoms with E-state index < -0.39 is 15.7 Å². The normalized spacial score (nSPS) is 11.8. The van der Waals surface area contributed by atoms with Crippen LogP contribution in [0.15, 0.2) is 58.3 Å². The van der Waals surface area contributed by atoms with E-state index in [9.17, 15) is 19.1 Å². The number of aldehydes is 1. The van der Waals surface area contributed by atoms with E-state index in [2.05, 4.69) is 0 Å². The molecule has 0 bridgehead atoms. The fraction of sp³-hybridized carbons (Fsp3) is 0. The average molecular weight is 275 g/mol. The maximum Gasteiger partial charge on any atom is 0.279 e. The maximum absolute atomic E-state index is 12.2. The van der Waals surface area contributed by atoms with Gasteiger partial charge >= 0.3 is 0 Å². The summed E-state index contributed by atoms with van der Waals surface area (Å²) in [5.41, 5.74) is -0.365. The molecule has 96 valence electrons. The predicted octanol–water partition coefficient (Wildman–Crippen LogP) is 2.57. The van der Waals surface area contributed by atoms with Crippen LogP contribution in [-0.2, 0) is 10.8 Å². The minimum Gasteiger partial charge on any atom is -0.298 e. The quantitative estimate of drug-likeness (QED) is 0.488. The van der Waals surface area contributed by atoms with Crippen molar-refractivity contribution in [1.82, 2.24) is 0 Å². The van der Waals surface area contributed by atoms with Gasteiger partial charge < -0.3 is 0 Å². The Morgan fingerprint density at radius 3 is 2.32 bits per heavy atom. The molecule has 0 aliphatic rings. The van der Waals surface area contributed by atoms with E-state index in [1.807, 2.05) is 0 Å². The molecule has 0 aliphatic heterocycles. The topological polar surface area (TPSA) is 77.3 Å². The van der Waals surface area contributed by atoms with E-state index in [1.54, 1.807) is 30.3 Å². The number of nitro groups is 1. The molecule has 1 atom stereocenters. The second-order valence-electron chi connectivity index (χ2n) is 3.68. The summed E-state index contributed by atoms with van der Waals surface area (Å²) in [5, 5.41) is 10.7. The summed E-state index contributed by atoms with van der Waals surface area (Å²) in [6, 6.07) is 12.6. The second-order valence-corrected chi connectivity index (χ2v) is 5.16. The van der Waals surface area contributed by atoms with Crippen LogP contribution < -0.4 is 0 Å². The fourth-order valence-corrected chi connectivity index (χ4v) is 2.69. The smallest absolute Gasteiger partial charge is 0.279 e. The molecule has 5 nitrogen and oxygen atoms in total. The zero-order valence-electron chi connectivity index (χ0n) is 9.68. The summed E-state index contributed by atoms with van der Waals surface area (Å²) in [6.07, 6.45) is 0.393. The van der Waals surface area contributed by atoms with Crippen molar-refractivity contribution in [2.24, 2.45) is 0 Å². The Kier molecular flexibility index (Phi) is 3.82. The van der Waals surface area contributed by atoms with Gasteiger partial charge in [-0.25, -0.2) is 4.21 Å². The summed E-state index contributed by atoms with van der Waals surface area (Å²) >= 11 is 0. The van der Waals surface area contributed by atoms with Crippen LogP contribution >= 0.6 is 0 Å². The molecule has 0 N–H and O–H groups in total. The van der Waals surface area contributed by atoms with Crippen LogP contribution in [0.5, 0.6) is 0 Å². The molecule has 0 fully saturated rings. The van der Waals surface area contributed by atoms with Crippen molar-refractivity contribution in [1.29, 1.82) is 0 Å². The first-order valence-corrected chi connectivity index (χ1v) is 6.49. The number of nitrogens with zero attached hydrogens (tertiary/aromatic N) is 1. The molecule has 0 saturated carbocycles. The molecule has 0 amide bonds. The number of carbonyl (C=O) groups is 1. The van der Waals surface area contributed by atoms with E-state index in [4.69, 9.17) is 0 Å². The summed E-state index contributed by atoms with van der Waals surface area (Å²) in [5.74, 6) is 0. The third-order valence-electron chi connectivity index (χ3n) is 2.49. The van der Waals surface area contributed by atoms with Crippen molar-refractivity contribution in [3.63, 3.8) is 0 Å². The highest BCUT2D eigenvalue weighted by atomic mass is 32.2. The van der Waals surface area contributed by atoms with Gasteiger partial charge in [-0.3, -0.25) is 14.9 Å². The van der Waals surface area contributed by atoms with Gasteiger partial charge in [0.15, 0.2) is 6.29 Å². The highest BCUT2D eigenvalue weighted by molar-refractivity contribution is 7.85. The number of hydrogen-bond acceptors (Lipinski definition) is 4. The standard InChI is InChI=1S/C13H9NO4S/c15-9-10-8-12(6-7-13(10)14(16)17)19(18)11-4-2-1-3-5-11/h1-9H. The van der Waals surface area contributed by atoms with Gasteiger partial charge in [-0.05, 0) is 24.3 Å². The van der Waals surface area contributed by atoms with E-state index in [0.717, 1.165) is 0 Å². The van der Waals surface area contributed by atoms with Crippen LogP contribution in [0.3, 0.4) is 0 Å². The van der Waals surface area contributed by atoms with E-state index in [-0.39, 0.29) is 11.3 Å². The van der Waals surface area contributed by atoms with E-state index in [0.29, 0.717) is 16.1 Å². The van der Waals surface area contributed by atoms with Gasteiger partial charge in [-0.15, -0.1) is 0 Å². The highest BCUT2D eigenvalue weighted by Crippen LogP contribution is 2.23. The number of hydrogen-bond donors (Lipinski definition) is 0. The molecule has 0 aromatic heterocycles. The average Bonchev–Trinajstić information content (AvgIpc) is 2.46. The summed E-state index contributed by atoms with van der Waals surface area (Å²) in [6.45, 7) is 0. The van der Waals surface area contributed by atoms with Crippen LogP contribution in [0.2, 0.25) is 0 Å². The van der Waals surface area contributed by atoms with Crippen LogP contribution in [-0.4, -0.2) is 15.4 Å². The maximum atomic E-state index is 12.2. The van der Waals surface area contributed by atoms with Crippen molar-refractivity contribution >= 4 is 22.8 Å². The van der Waals surface area contributed by atoms with Crippen molar-refractivity contribution in [2.75, 3.05) is 0 Å². The van der Waals surface area contributed by atoms with Crippen molar-refractivity contribution in [3.8, 4) is 0 Å². The number of benzene rings is 2. The van der Waals surface area contributed by atoms with Crippen LogP contribution in [0.4, 0.5) is 5.69 Å². The first kappa shape index (κ1) is 13.1. The zero-order valence-corrected chi connectivity index (χ0v) is 10.5. The van der Waals surface area contributed by atoms with E-state index >= 15 is 0 Å². The minimum absolute atomic E-state index is 0.0771. The van der Waals surface area contributed by atoms with Crippen molar-refractivity contribution in [2.45, 2.75) is 9.79 Å². The molecule has 2 aromatic rings. The Balaban J connectivity index is 2.45. The molecule has 1 unspecified atom stereocenters. The summed E-state index contributed by atoms with van der Waals surface area (Å²) < 4.78 is 12.2. The Morgan fingerprint density at radius 1 is 1.05 bits per heavy atom. The molecule has 0 radical (unpaired) electrons. The van der Waals surface area contributed by atoms with Gasteiger partial charge in [0.1, 0.15) is 0 Å². The van der Waals surface area contributed by atoms with Gasteiger partial charge in [0.2, 0.25) is 0 Å². The molecular formula is C13H9NO4S. The first-order valence-electron chi connectivity index (χ1n) is 5.34. The largest absolute Gasteiger partial charge is 0.298 e. The lowest BCUT2D eigenvalue weighted by atomic mass is 10.2. The van der Waals surface area contributed by atoms with Gasteiger partial charge in [-0.2, -0.15) is 0 Å². The Hall–Kier alpha value is -2.34. The van der Waals surface area contributed by atoms with Gasteiger partial charge in [0, 0.05) is 15.9 Å². The predicted molar refractivity (Wildman–Crippen MR) is 69.6 cm³/mol. The number of nitro benzene ring substituents is 1. The first-order chi connectivity index (χ1) is 9.13. The molecule has 6 heteroatoms. The van der Waals surface area contributed by atoms with E-state index in [1.165, 1.54) is 18.2 Å².